The van der Waals surface area contributed by atoms with Crippen LogP contribution in [0.25, 0.3) is 0 Å². The Balaban J connectivity index is 1.97. The fourth-order valence-corrected chi connectivity index (χ4v) is 5.26. The average Bonchev–Trinajstić information content (AvgIpc) is 3.02. The molecule has 0 bridgehead atoms. The van der Waals surface area contributed by atoms with Gasteiger partial charge < -0.3 is 16.0 Å². The normalized spacial score (nSPS) is 21.0. The van der Waals surface area contributed by atoms with Gasteiger partial charge in [0.25, 0.3) is 0 Å². The summed E-state index contributed by atoms with van der Waals surface area (Å²) in [6, 6.07) is 10.6. The Morgan fingerprint density at radius 1 is 1.26 bits per heavy atom. The fourth-order valence-electron chi connectivity index (χ4n) is 3.59. The second kappa shape index (κ2) is 9.55. The molecule has 27 heavy (non-hydrogen) atoms. The molecule has 3 N–H and O–H groups in total. The molecule has 7 heteroatoms. The van der Waals surface area contributed by atoms with Crippen LogP contribution in [0, 0.1) is 0 Å². The zero-order valence-electron chi connectivity index (χ0n) is 17.0. The predicted octanol–water partition coefficient (Wildman–Crippen LogP) is 2.25. The lowest BCUT2D eigenvalue weighted by Crippen LogP contribution is -2.56. The summed E-state index contributed by atoms with van der Waals surface area (Å²) < 4.78 is 23.3. The lowest BCUT2D eigenvalue weighted by Gasteiger charge is -2.37. The first-order valence-corrected chi connectivity index (χ1v) is 11.7. The molecule has 1 saturated heterocycles. The Hall–Kier alpha value is -1.60. The summed E-state index contributed by atoms with van der Waals surface area (Å²) in [5, 5.41) is 10.5. The smallest absolute Gasteiger partial charge is 0.191 e. The van der Waals surface area contributed by atoms with Crippen LogP contribution in [-0.2, 0) is 9.84 Å². The van der Waals surface area contributed by atoms with Crippen LogP contribution in [0.2, 0.25) is 0 Å². The number of hydrogen-bond donors (Lipinski definition) is 3. The summed E-state index contributed by atoms with van der Waals surface area (Å²) in [5.41, 5.74) is 1.19. The van der Waals surface area contributed by atoms with E-state index in [0.29, 0.717) is 12.4 Å². The van der Waals surface area contributed by atoms with Gasteiger partial charge in [-0.3, -0.25) is 4.99 Å². The molecule has 0 aliphatic carbocycles. The van der Waals surface area contributed by atoms with E-state index < -0.39 is 9.84 Å². The van der Waals surface area contributed by atoms with Gasteiger partial charge in [0.05, 0.1) is 11.5 Å². The topological polar surface area (TPSA) is 82.6 Å². The van der Waals surface area contributed by atoms with Crippen molar-refractivity contribution >= 4 is 15.8 Å². The number of hydrogen-bond acceptors (Lipinski definition) is 4. The highest BCUT2D eigenvalue weighted by Crippen LogP contribution is 2.21. The largest absolute Gasteiger partial charge is 0.355 e. The second-order valence-electron chi connectivity index (χ2n) is 7.43. The summed E-state index contributed by atoms with van der Waals surface area (Å²) in [6.45, 7) is 7.29. The van der Waals surface area contributed by atoms with Crippen molar-refractivity contribution < 1.29 is 8.42 Å². The van der Waals surface area contributed by atoms with Gasteiger partial charge >= 0.3 is 0 Å². The quantitative estimate of drug-likeness (QED) is 0.465. The van der Waals surface area contributed by atoms with Crippen LogP contribution >= 0.6 is 0 Å². The minimum atomic E-state index is -2.91. The summed E-state index contributed by atoms with van der Waals surface area (Å²) in [7, 11) is -1.19. The Morgan fingerprint density at radius 3 is 2.44 bits per heavy atom. The van der Waals surface area contributed by atoms with Gasteiger partial charge in [0.15, 0.2) is 15.8 Å². The van der Waals surface area contributed by atoms with Crippen LogP contribution in [0.3, 0.4) is 0 Å². The Labute approximate surface area is 164 Å². The van der Waals surface area contributed by atoms with Gasteiger partial charge in [0.1, 0.15) is 0 Å². The van der Waals surface area contributed by atoms with E-state index in [0.717, 1.165) is 19.4 Å². The third kappa shape index (κ3) is 6.21. The standard InChI is InChI=1S/C20H34N4O2S/c1-5-20(6-2,24-16(3)17-10-8-7-9-11-17)15-22-19(21-4)23-18-12-13-27(25,26)14-18/h7-11,16,18,24H,5-6,12-15H2,1-4H3,(H2,21,22,23). The molecular formula is C20H34N4O2S. The summed E-state index contributed by atoms with van der Waals surface area (Å²) in [5.74, 6) is 1.10. The molecular weight excluding hydrogens is 360 g/mol. The number of guanidine groups is 1. The van der Waals surface area contributed by atoms with Crippen LogP contribution in [0.4, 0.5) is 0 Å². The molecule has 1 aliphatic rings. The molecule has 1 aliphatic heterocycles. The van der Waals surface area contributed by atoms with Gasteiger partial charge in [0, 0.05) is 31.2 Å². The summed E-state index contributed by atoms with van der Waals surface area (Å²) in [6.07, 6.45) is 2.59. The first kappa shape index (κ1) is 21.7. The molecule has 0 radical (unpaired) electrons. The number of sulfone groups is 1. The van der Waals surface area contributed by atoms with Crippen LogP contribution in [0.1, 0.15) is 51.6 Å². The Bertz CT molecular complexity index is 715. The first-order valence-electron chi connectivity index (χ1n) is 9.83. The van der Waals surface area contributed by atoms with Gasteiger partial charge in [-0.05, 0) is 31.7 Å². The molecule has 0 spiro atoms. The van der Waals surface area contributed by atoms with E-state index in [2.05, 4.69) is 66.0 Å². The minimum absolute atomic E-state index is 0.0601. The lowest BCUT2D eigenvalue weighted by atomic mass is 9.90. The van der Waals surface area contributed by atoms with Crippen molar-refractivity contribution in [3.05, 3.63) is 35.9 Å². The van der Waals surface area contributed by atoms with E-state index in [4.69, 9.17) is 0 Å². The molecule has 1 aromatic rings. The van der Waals surface area contributed by atoms with E-state index in [1.807, 2.05) is 6.07 Å². The van der Waals surface area contributed by atoms with Crippen molar-refractivity contribution in [2.24, 2.45) is 4.99 Å². The Morgan fingerprint density at radius 2 is 1.93 bits per heavy atom. The monoisotopic (exact) mass is 394 g/mol. The maximum absolute atomic E-state index is 11.7. The van der Waals surface area contributed by atoms with Gasteiger partial charge in [0.2, 0.25) is 0 Å². The molecule has 6 nitrogen and oxygen atoms in total. The molecule has 1 aromatic carbocycles. The van der Waals surface area contributed by atoms with Crippen LogP contribution in [0.5, 0.6) is 0 Å². The molecule has 1 fully saturated rings. The molecule has 2 atom stereocenters. The highest BCUT2D eigenvalue weighted by Gasteiger charge is 2.30. The second-order valence-corrected chi connectivity index (χ2v) is 9.66. The van der Waals surface area contributed by atoms with E-state index in [1.165, 1.54) is 5.56 Å². The van der Waals surface area contributed by atoms with Crippen molar-refractivity contribution in [3.8, 4) is 0 Å². The van der Waals surface area contributed by atoms with Crippen LogP contribution < -0.4 is 16.0 Å². The van der Waals surface area contributed by atoms with Crippen molar-refractivity contribution in [2.75, 3.05) is 25.1 Å². The summed E-state index contributed by atoms with van der Waals surface area (Å²) >= 11 is 0. The van der Waals surface area contributed by atoms with Crippen molar-refractivity contribution in [2.45, 2.75) is 57.7 Å². The van der Waals surface area contributed by atoms with E-state index in [-0.39, 0.29) is 29.1 Å². The maximum atomic E-state index is 11.7. The molecule has 2 unspecified atom stereocenters. The highest BCUT2D eigenvalue weighted by molar-refractivity contribution is 7.91. The highest BCUT2D eigenvalue weighted by atomic mass is 32.2. The van der Waals surface area contributed by atoms with E-state index in [1.54, 1.807) is 7.05 Å². The Kier molecular flexibility index (Phi) is 7.68. The van der Waals surface area contributed by atoms with E-state index in [9.17, 15) is 8.42 Å². The van der Waals surface area contributed by atoms with Crippen molar-refractivity contribution in [1.82, 2.24) is 16.0 Å². The van der Waals surface area contributed by atoms with Gasteiger partial charge in [-0.2, -0.15) is 0 Å². The number of benzene rings is 1. The molecule has 0 saturated carbocycles. The van der Waals surface area contributed by atoms with Gasteiger partial charge in [-0.15, -0.1) is 0 Å². The minimum Gasteiger partial charge on any atom is -0.355 e. The number of aliphatic imine (C=N–C) groups is 1. The van der Waals surface area contributed by atoms with Crippen molar-refractivity contribution in [1.29, 1.82) is 0 Å². The SMILES string of the molecule is CCC(CC)(CNC(=NC)NC1CCS(=O)(=O)C1)NC(C)c1ccccc1. The molecule has 152 valence electrons. The zero-order valence-corrected chi connectivity index (χ0v) is 17.8. The predicted molar refractivity (Wildman–Crippen MR) is 113 cm³/mol. The van der Waals surface area contributed by atoms with Crippen LogP contribution in [-0.4, -0.2) is 51.1 Å². The lowest BCUT2D eigenvalue weighted by molar-refractivity contribution is 0.271. The number of nitrogens with zero attached hydrogens (tertiary/aromatic N) is 1. The molecule has 2 rings (SSSR count). The first-order chi connectivity index (χ1) is 12.8. The average molecular weight is 395 g/mol. The fraction of sp³-hybridized carbons (Fsp3) is 0.650. The summed E-state index contributed by atoms with van der Waals surface area (Å²) in [4.78, 5) is 4.28. The third-order valence-electron chi connectivity index (χ3n) is 5.57. The van der Waals surface area contributed by atoms with Crippen molar-refractivity contribution in [3.63, 3.8) is 0 Å². The number of nitrogens with one attached hydrogen (secondary N) is 3. The maximum Gasteiger partial charge on any atom is 0.191 e. The number of rotatable bonds is 8. The molecule has 0 amide bonds. The van der Waals surface area contributed by atoms with Gasteiger partial charge in [-0.25, -0.2) is 8.42 Å². The zero-order chi connectivity index (χ0) is 19.9. The van der Waals surface area contributed by atoms with E-state index >= 15 is 0 Å². The van der Waals surface area contributed by atoms with Gasteiger partial charge in [-0.1, -0.05) is 44.2 Å². The van der Waals surface area contributed by atoms with Crippen LogP contribution in [0.15, 0.2) is 35.3 Å². The molecule has 1 heterocycles. The molecule has 0 aromatic heterocycles. The third-order valence-corrected chi connectivity index (χ3v) is 7.33.